The van der Waals surface area contributed by atoms with Gasteiger partial charge in [-0.2, -0.15) is 5.10 Å². The van der Waals surface area contributed by atoms with Crippen LogP contribution in [0.2, 0.25) is 10.2 Å². The molecule has 6 rings (SSSR count). The van der Waals surface area contributed by atoms with Crippen LogP contribution in [-0.2, 0) is 13.0 Å². The molecule has 1 saturated heterocycles. The summed E-state index contributed by atoms with van der Waals surface area (Å²) >= 11 is 12.5. The van der Waals surface area contributed by atoms with E-state index in [0.29, 0.717) is 29.2 Å². The molecule has 0 spiro atoms. The molecule has 2 atom stereocenters. The van der Waals surface area contributed by atoms with Crippen molar-refractivity contribution in [3.63, 3.8) is 0 Å². The highest BCUT2D eigenvalue weighted by atomic mass is 35.5. The summed E-state index contributed by atoms with van der Waals surface area (Å²) in [6, 6.07) is 12.1. The van der Waals surface area contributed by atoms with Crippen LogP contribution in [0, 0.1) is 5.92 Å². The van der Waals surface area contributed by atoms with Crippen LogP contribution >= 0.6 is 23.2 Å². The van der Waals surface area contributed by atoms with Crippen LogP contribution < -0.4 is 10.1 Å². The van der Waals surface area contributed by atoms with Crippen LogP contribution in [0.1, 0.15) is 22.3 Å². The Kier molecular flexibility index (Phi) is 5.17. The van der Waals surface area contributed by atoms with Gasteiger partial charge in [-0.15, -0.1) is 0 Å². The summed E-state index contributed by atoms with van der Waals surface area (Å²) in [6.07, 6.45) is 5.47. The second-order valence-corrected chi connectivity index (χ2v) is 9.61. The first-order chi connectivity index (χ1) is 16.1. The number of carbonyl (C=O) groups is 1. The molecule has 6 nitrogen and oxygen atoms in total. The van der Waals surface area contributed by atoms with E-state index >= 15 is 0 Å². The lowest BCUT2D eigenvalue weighted by molar-refractivity contribution is 0.0856. The summed E-state index contributed by atoms with van der Waals surface area (Å²) in [5.74, 6) is 0.656. The van der Waals surface area contributed by atoms with Gasteiger partial charge >= 0.3 is 0 Å². The molecule has 33 heavy (non-hydrogen) atoms. The minimum absolute atomic E-state index is 0.0973. The molecule has 2 unspecified atom stereocenters. The number of fused-ring (bicyclic) bond motifs is 2. The normalized spacial score (nSPS) is 19.7. The number of nitrogens with one attached hydrogen (secondary N) is 2. The highest BCUT2D eigenvalue weighted by Crippen LogP contribution is 2.35. The largest absolute Gasteiger partial charge is 0.493 e. The SMILES string of the molecule is O=C(c1cn(CC2CCN2)c2cc(-c3cn[nH]c3Cl)ccc12)C1COc2ccc(Cl)cc2C1. The summed E-state index contributed by atoms with van der Waals surface area (Å²) in [5, 5.41) is 12.4. The van der Waals surface area contributed by atoms with Crippen molar-refractivity contribution in [1.82, 2.24) is 20.1 Å². The predicted octanol–water partition coefficient (Wildman–Crippen LogP) is 5.13. The molecule has 2 aromatic carbocycles. The Balaban J connectivity index is 1.39. The van der Waals surface area contributed by atoms with E-state index in [0.717, 1.165) is 58.4 Å². The molecule has 2 aliphatic heterocycles. The Labute approximate surface area is 200 Å². The number of ketones is 1. The fourth-order valence-corrected chi connectivity index (χ4v) is 5.17. The maximum atomic E-state index is 13.7. The van der Waals surface area contributed by atoms with Gasteiger partial charge < -0.3 is 14.6 Å². The predicted molar refractivity (Wildman–Crippen MR) is 129 cm³/mol. The lowest BCUT2D eigenvalue weighted by atomic mass is 9.89. The smallest absolute Gasteiger partial charge is 0.171 e. The summed E-state index contributed by atoms with van der Waals surface area (Å²) in [5.41, 5.74) is 4.53. The van der Waals surface area contributed by atoms with Gasteiger partial charge in [0.2, 0.25) is 0 Å². The van der Waals surface area contributed by atoms with Crippen molar-refractivity contribution in [1.29, 1.82) is 0 Å². The summed E-state index contributed by atoms with van der Waals surface area (Å²) in [4.78, 5) is 13.7. The Hall–Kier alpha value is -2.80. The molecule has 2 aromatic heterocycles. The zero-order valence-electron chi connectivity index (χ0n) is 17.8. The summed E-state index contributed by atoms with van der Waals surface area (Å²) in [6.45, 7) is 2.21. The van der Waals surface area contributed by atoms with Gasteiger partial charge in [-0.3, -0.25) is 9.89 Å². The first-order valence-electron chi connectivity index (χ1n) is 11.1. The van der Waals surface area contributed by atoms with Crippen LogP contribution in [0.15, 0.2) is 48.8 Å². The highest BCUT2D eigenvalue weighted by molar-refractivity contribution is 6.32. The second-order valence-electron chi connectivity index (χ2n) is 8.79. The van der Waals surface area contributed by atoms with Crippen molar-refractivity contribution in [2.24, 2.45) is 5.92 Å². The molecule has 0 amide bonds. The first-order valence-corrected chi connectivity index (χ1v) is 11.8. The molecule has 168 valence electrons. The van der Waals surface area contributed by atoms with E-state index in [-0.39, 0.29) is 11.7 Å². The third-order valence-corrected chi connectivity index (χ3v) is 7.22. The quantitative estimate of drug-likeness (QED) is 0.388. The number of aromatic nitrogens is 3. The van der Waals surface area contributed by atoms with E-state index < -0.39 is 0 Å². The van der Waals surface area contributed by atoms with E-state index in [9.17, 15) is 4.79 Å². The van der Waals surface area contributed by atoms with E-state index in [1.807, 2.05) is 36.5 Å². The number of nitrogens with zero attached hydrogens (tertiary/aromatic N) is 2. The van der Waals surface area contributed by atoms with Gasteiger partial charge in [0, 0.05) is 45.8 Å². The van der Waals surface area contributed by atoms with E-state index in [4.69, 9.17) is 27.9 Å². The highest BCUT2D eigenvalue weighted by Gasteiger charge is 2.30. The van der Waals surface area contributed by atoms with Gasteiger partial charge in [0.25, 0.3) is 0 Å². The van der Waals surface area contributed by atoms with Crippen LogP contribution in [-0.4, -0.2) is 39.7 Å². The number of halogens is 2. The van der Waals surface area contributed by atoms with Gasteiger partial charge in [-0.1, -0.05) is 35.3 Å². The molecular formula is C25H22Cl2N4O2. The number of carbonyl (C=O) groups excluding carboxylic acids is 1. The van der Waals surface area contributed by atoms with E-state index in [2.05, 4.69) is 26.1 Å². The van der Waals surface area contributed by atoms with Crippen LogP contribution in [0.4, 0.5) is 0 Å². The van der Waals surface area contributed by atoms with E-state index in [1.54, 1.807) is 6.20 Å². The van der Waals surface area contributed by atoms with Crippen molar-refractivity contribution >= 4 is 39.9 Å². The molecule has 2 aliphatic rings. The number of benzene rings is 2. The number of Topliss-reactive ketones (excluding diaryl/α,β-unsaturated/α-hetero) is 1. The third kappa shape index (κ3) is 3.72. The van der Waals surface area contributed by atoms with Crippen molar-refractivity contribution < 1.29 is 9.53 Å². The molecular weight excluding hydrogens is 459 g/mol. The second kappa shape index (κ2) is 8.20. The number of hydrogen-bond acceptors (Lipinski definition) is 4. The molecule has 1 fully saturated rings. The minimum Gasteiger partial charge on any atom is -0.493 e. The fraction of sp³-hybridized carbons (Fsp3) is 0.280. The number of hydrogen-bond donors (Lipinski definition) is 2. The van der Waals surface area contributed by atoms with Crippen LogP contribution in [0.25, 0.3) is 22.0 Å². The maximum absolute atomic E-state index is 13.7. The van der Waals surface area contributed by atoms with Gasteiger partial charge in [0.15, 0.2) is 5.78 Å². The Morgan fingerprint density at radius 2 is 2.09 bits per heavy atom. The lowest BCUT2D eigenvalue weighted by Gasteiger charge is -2.28. The van der Waals surface area contributed by atoms with E-state index in [1.165, 1.54) is 0 Å². The number of aromatic amines is 1. The van der Waals surface area contributed by atoms with Crippen molar-refractivity contribution in [3.8, 4) is 16.9 Å². The number of H-pyrrole nitrogens is 1. The number of rotatable bonds is 5. The average molecular weight is 481 g/mol. The Morgan fingerprint density at radius 3 is 2.85 bits per heavy atom. The molecule has 0 bridgehead atoms. The molecule has 2 N–H and O–H groups in total. The third-order valence-electron chi connectivity index (χ3n) is 6.69. The minimum atomic E-state index is -0.250. The van der Waals surface area contributed by atoms with Gasteiger partial charge in [-0.05, 0) is 54.8 Å². The van der Waals surface area contributed by atoms with Crippen LogP contribution in [0.3, 0.4) is 0 Å². The van der Waals surface area contributed by atoms with Crippen molar-refractivity contribution in [3.05, 3.63) is 70.1 Å². The monoisotopic (exact) mass is 480 g/mol. The molecule has 0 saturated carbocycles. The fourth-order valence-electron chi connectivity index (χ4n) is 4.77. The van der Waals surface area contributed by atoms with Crippen molar-refractivity contribution in [2.75, 3.05) is 13.2 Å². The van der Waals surface area contributed by atoms with Crippen LogP contribution in [0.5, 0.6) is 5.75 Å². The maximum Gasteiger partial charge on any atom is 0.171 e. The molecule has 4 aromatic rings. The molecule has 4 heterocycles. The lowest BCUT2D eigenvalue weighted by Crippen LogP contribution is -2.45. The average Bonchev–Trinajstić information content (AvgIpc) is 3.38. The summed E-state index contributed by atoms with van der Waals surface area (Å²) < 4.78 is 8.09. The van der Waals surface area contributed by atoms with Gasteiger partial charge in [-0.25, -0.2) is 0 Å². The molecule has 8 heteroatoms. The standard InChI is InChI=1S/C25H22Cl2N4O2/c26-17-2-4-23-15(8-17)7-16(13-33-23)24(32)21-12-31(11-18-5-6-28-18)22-9-14(1-3-19(21)22)20-10-29-30-25(20)27/h1-4,8-10,12,16,18,28H,5-7,11,13H2,(H,29,30). The Bertz CT molecular complexity index is 1370. The first kappa shape index (κ1) is 20.8. The molecule has 0 aliphatic carbocycles. The zero-order valence-corrected chi connectivity index (χ0v) is 19.3. The topological polar surface area (TPSA) is 71.9 Å². The zero-order chi connectivity index (χ0) is 22.5. The Morgan fingerprint density at radius 1 is 1.21 bits per heavy atom. The van der Waals surface area contributed by atoms with Gasteiger partial charge in [0.1, 0.15) is 10.9 Å². The molecule has 0 radical (unpaired) electrons. The number of ether oxygens (including phenoxy) is 1. The van der Waals surface area contributed by atoms with Crippen molar-refractivity contribution in [2.45, 2.75) is 25.4 Å². The summed E-state index contributed by atoms with van der Waals surface area (Å²) in [7, 11) is 0. The van der Waals surface area contributed by atoms with Gasteiger partial charge in [0.05, 0.1) is 18.7 Å².